The fourth-order valence-electron chi connectivity index (χ4n) is 6.64. The highest BCUT2D eigenvalue weighted by Crippen LogP contribution is 2.37. The van der Waals surface area contributed by atoms with Crippen LogP contribution in [0.25, 0.3) is 0 Å². The summed E-state index contributed by atoms with van der Waals surface area (Å²) in [5.41, 5.74) is 0. The maximum atomic E-state index is 12.5. The molecule has 0 aromatic heterocycles. The van der Waals surface area contributed by atoms with E-state index in [1.807, 2.05) is 0 Å². The van der Waals surface area contributed by atoms with Crippen LogP contribution in [0.5, 0.6) is 0 Å². The highest BCUT2D eigenvalue weighted by atomic mass is 32.2. The van der Waals surface area contributed by atoms with Gasteiger partial charge >= 0.3 is 11.9 Å². The SMILES string of the molecule is CCCCCCCC/C=C\CCCCCCCCC(C(=O)O)C(CCCCCCCC/C=C\CCCCCCCC)(C(=O)O)S(=O)(=O)O. The minimum atomic E-state index is -5.16. The molecule has 0 bridgehead atoms. The molecule has 0 aliphatic carbocycles. The third-order valence-electron chi connectivity index (χ3n) is 9.75. The predicted molar refractivity (Wildman–Crippen MR) is 201 cm³/mol. The highest BCUT2D eigenvalue weighted by Gasteiger charge is 2.58. The van der Waals surface area contributed by atoms with Crippen LogP contribution in [0.15, 0.2) is 24.3 Å². The van der Waals surface area contributed by atoms with Crippen LogP contribution in [-0.4, -0.2) is 39.9 Å². The first-order chi connectivity index (χ1) is 23.1. The first kappa shape index (κ1) is 46.3. The van der Waals surface area contributed by atoms with Crippen molar-refractivity contribution in [3.63, 3.8) is 0 Å². The van der Waals surface area contributed by atoms with E-state index in [1.54, 1.807) is 0 Å². The maximum absolute atomic E-state index is 12.5. The summed E-state index contributed by atoms with van der Waals surface area (Å²) in [5, 5.41) is 20.0. The van der Waals surface area contributed by atoms with Crippen molar-refractivity contribution in [3.8, 4) is 0 Å². The normalized spacial score (nSPS) is 14.1. The van der Waals surface area contributed by atoms with Crippen LogP contribution in [0.2, 0.25) is 0 Å². The molecular formula is C40H74O7S. The Hall–Kier alpha value is -1.67. The van der Waals surface area contributed by atoms with Gasteiger partial charge in [-0.25, -0.2) is 0 Å². The van der Waals surface area contributed by atoms with Crippen LogP contribution in [0.1, 0.15) is 206 Å². The van der Waals surface area contributed by atoms with Crippen molar-refractivity contribution < 1.29 is 32.8 Å². The van der Waals surface area contributed by atoms with E-state index in [9.17, 15) is 32.8 Å². The van der Waals surface area contributed by atoms with Crippen molar-refractivity contribution in [1.29, 1.82) is 0 Å². The largest absolute Gasteiger partial charge is 0.481 e. The molecule has 0 aromatic rings. The van der Waals surface area contributed by atoms with Crippen molar-refractivity contribution in [2.45, 2.75) is 211 Å². The van der Waals surface area contributed by atoms with Crippen LogP contribution in [0.3, 0.4) is 0 Å². The first-order valence-electron chi connectivity index (χ1n) is 19.9. The van der Waals surface area contributed by atoms with Crippen molar-refractivity contribution >= 4 is 22.1 Å². The molecule has 0 spiro atoms. The molecule has 2 unspecified atom stereocenters. The van der Waals surface area contributed by atoms with Crippen molar-refractivity contribution in [3.05, 3.63) is 24.3 Å². The average molecular weight is 699 g/mol. The quantitative estimate of drug-likeness (QED) is 0.0337. The number of allylic oxidation sites excluding steroid dienone is 4. The Balaban J connectivity index is 4.41. The van der Waals surface area contributed by atoms with E-state index < -0.39 is 39.1 Å². The highest BCUT2D eigenvalue weighted by molar-refractivity contribution is 7.88. The summed E-state index contributed by atoms with van der Waals surface area (Å²) in [6.07, 6.45) is 38.6. The van der Waals surface area contributed by atoms with Crippen LogP contribution < -0.4 is 0 Å². The summed E-state index contributed by atoms with van der Waals surface area (Å²) < 4.78 is 32.4. The first-order valence-corrected chi connectivity index (χ1v) is 21.3. The maximum Gasteiger partial charge on any atom is 0.328 e. The van der Waals surface area contributed by atoms with Gasteiger partial charge in [0.1, 0.15) is 0 Å². The zero-order valence-electron chi connectivity index (χ0n) is 31.0. The van der Waals surface area contributed by atoms with Crippen molar-refractivity contribution in [2.75, 3.05) is 0 Å². The fourth-order valence-corrected chi connectivity index (χ4v) is 7.84. The molecule has 0 aliphatic heterocycles. The average Bonchev–Trinajstić information content (AvgIpc) is 3.03. The molecule has 0 amide bonds. The predicted octanol–water partition coefficient (Wildman–Crippen LogP) is 12.3. The van der Waals surface area contributed by atoms with Gasteiger partial charge in [-0.05, 0) is 64.2 Å². The lowest BCUT2D eigenvalue weighted by atomic mass is 9.82. The number of unbranched alkanes of at least 4 members (excludes halogenated alkanes) is 24. The van der Waals surface area contributed by atoms with Gasteiger partial charge in [0.2, 0.25) is 4.75 Å². The Labute approximate surface area is 295 Å². The van der Waals surface area contributed by atoms with Crippen molar-refractivity contribution in [2.24, 2.45) is 5.92 Å². The fraction of sp³-hybridized carbons (Fsp3) is 0.850. The van der Waals surface area contributed by atoms with Crippen LogP contribution in [0.4, 0.5) is 0 Å². The molecule has 0 aliphatic rings. The zero-order valence-corrected chi connectivity index (χ0v) is 31.8. The van der Waals surface area contributed by atoms with Gasteiger partial charge in [0.25, 0.3) is 10.1 Å². The molecular weight excluding hydrogens is 625 g/mol. The van der Waals surface area contributed by atoms with Gasteiger partial charge in [-0.2, -0.15) is 8.42 Å². The zero-order chi connectivity index (χ0) is 35.8. The van der Waals surface area contributed by atoms with E-state index in [4.69, 9.17) is 0 Å². The third-order valence-corrected chi connectivity index (χ3v) is 11.3. The standard InChI is InChI=1S/C40H74O7S/c1-3-5-7-9-11-13-15-17-19-21-23-25-27-29-31-33-35-37(38(41)42)40(39(43)44,48(45,46)47)36-34-32-30-28-26-24-22-20-18-16-14-12-10-8-6-4-2/h17-20,37H,3-16,21-36H2,1-2H3,(H,41,42)(H,43,44)(H,45,46,47)/b19-17-,20-18-. The third kappa shape index (κ3) is 22.9. The number of carbonyl (C=O) groups is 2. The molecule has 3 N–H and O–H groups in total. The van der Waals surface area contributed by atoms with Gasteiger partial charge in [-0.1, -0.05) is 167 Å². The van der Waals surface area contributed by atoms with Crippen LogP contribution in [-0.2, 0) is 19.7 Å². The van der Waals surface area contributed by atoms with Gasteiger partial charge in [-0.15, -0.1) is 0 Å². The molecule has 0 heterocycles. The smallest absolute Gasteiger partial charge is 0.328 e. The summed E-state index contributed by atoms with van der Waals surface area (Å²) >= 11 is 0. The minimum Gasteiger partial charge on any atom is -0.481 e. The number of rotatable bonds is 36. The summed E-state index contributed by atoms with van der Waals surface area (Å²) in [7, 11) is -5.16. The van der Waals surface area contributed by atoms with E-state index >= 15 is 0 Å². The van der Waals surface area contributed by atoms with E-state index in [2.05, 4.69) is 38.2 Å². The Bertz CT molecular complexity index is 943. The van der Waals surface area contributed by atoms with Crippen LogP contribution in [0, 0.1) is 5.92 Å². The number of carboxylic acid groups (broad SMARTS) is 2. The molecule has 48 heavy (non-hydrogen) atoms. The lowest BCUT2D eigenvalue weighted by molar-refractivity contribution is -0.152. The Morgan fingerprint density at radius 3 is 1.15 bits per heavy atom. The molecule has 7 nitrogen and oxygen atoms in total. The molecule has 2 atom stereocenters. The Morgan fingerprint density at radius 2 is 0.833 bits per heavy atom. The Morgan fingerprint density at radius 1 is 0.521 bits per heavy atom. The van der Waals surface area contributed by atoms with E-state index in [0.717, 1.165) is 77.0 Å². The molecule has 0 rings (SSSR count). The summed E-state index contributed by atoms with van der Waals surface area (Å²) in [5.74, 6) is -4.94. The van der Waals surface area contributed by atoms with Gasteiger partial charge in [0.05, 0.1) is 5.92 Å². The van der Waals surface area contributed by atoms with Crippen molar-refractivity contribution in [1.82, 2.24) is 0 Å². The lowest BCUT2D eigenvalue weighted by Gasteiger charge is -2.32. The Kier molecular flexibility index (Phi) is 30.2. The van der Waals surface area contributed by atoms with Gasteiger partial charge in [0, 0.05) is 0 Å². The topological polar surface area (TPSA) is 129 Å². The second-order valence-electron chi connectivity index (χ2n) is 14.0. The van der Waals surface area contributed by atoms with E-state index in [1.165, 1.54) is 77.0 Å². The van der Waals surface area contributed by atoms with Gasteiger partial charge in [0.15, 0.2) is 0 Å². The van der Waals surface area contributed by atoms with Gasteiger partial charge in [-0.3, -0.25) is 14.1 Å². The molecule has 0 aromatic carbocycles. The lowest BCUT2D eigenvalue weighted by Crippen LogP contribution is -2.55. The molecule has 0 radical (unpaired) electrons. The van der Waals surface area contributed by atoms with Gasteiger partial charge < -0.3 is 10.2 Å². The molecule has 282 valence electrons. The molecule has 0 saturated carbocycles. The van der Waals surface area contributed by atoms with E-state index in [-0.39, 0.29) is 12.8 Å². The second-order valence-corrected chi connectivity index (χ2v) is 15.7. The minimum absolute atomic E-state index is 0.0883. The monoisotopic (exact) mass is 699 g/mol. The number of hydrogen-bond acceptors (Lipinski definition) is 4. The number of hydrogen-bond donors (Lipinski definition) is 3. The number of carboxylic acids is 2. The molecule has 0 fully saturated rings. The summed E-state index contributed by atoms with van der Waals surface area (Å²) in [6, 6.07) is 0. The molecule has 8 heteroatoms. The van der Waals surface area contributed by atoms with E-state index in [0.29, 0.717) is 19.3 Å². The second kappa shape index (κ2) is 31.3. The van der Waals surface area contributed by atoms with Crippen LogP contribution >= 0.6 is 0 Å². The summed E-state index contributed by atoms with van der Waals surface area (Å²) in [4.78, 5) is 24.6. The number of aliphatic carboxylic acids is 2. The summed E-state index contributed by atoms with van der Waals surface area (Å²) in [6.45, 7) is 4.47. The molecule has 0 saturated heterocycles.